The summed E-state index contributed by atoms with van der Waals surface area (Å²) in [4.78, 5) is 20.2. The summed E-state index contributed by atoms with van der Waals surface area (Å²) in [6.07, 6.45) is 3.05. The van der Waals surface area contributed by atoms with Gasteiger partial charge in [-0.1, -0.05) is 13.3 Å². The van der Waals surface area contributed by atoms with Gasteiger partial charge in [0.05, 0.1) is 16.9 Å². The number of hydrogen-bond acceptors (Lipinski definition) is 4. The molecule has 1 aliphatic heterocycles. The smallest absolute Gasteiger partial charge is 0.261 e. The predicted molar refractivity (Wildman–Crippen MR) is 103 cm³/mol. The maximum Gasteiger partial charge on any atom is 0.261 e. The van der Waals surface area contributed by atoms with Crippen LogP contribution in [0.15, 0.2) is 23.0 Å². The molecule has 2 aromatic rings. The number of fused-ring (bicyclic) bond motifs is 1. The van der Waals surface area contributed by atoms with Crippen molar-refractivity contribution in [2.75, 3.05) is 19.6 Å². The van der Waals surface area contributed by atoms with Gasteiger partial charge in [-0.3, -0.25) is 14.3 Å². The number of benzene rings is 1. The van der Waals surface area contributed by atoms with Crippen molar-refractivity contribution in [2.24, 2.45) is 0 Å². The van der Waals surface area contributed by atoms with Crippen LogP contribution < -0.4 is 10.9 Å². The minimum Gasteiger partial charge on any atom is -0.313 e. The number of nitrogens with zero attached hydrogens (tertiary/aromatic N) is 3. The first-order chi connectivity index (χ1) is 12.5. The van der Waals surface area contributed by atoms with Gasteiger partial charge in [-0.15, -0.1) is 0 Å². The van der Waals surface area contributed by atoms with Crippen LogP contribution in [0.5, 0.6) is 0 Å². The van der Waals surface area contributed by atoms with Crippen molar-refractivity contribution in [3.05, 3.63) is 40.2 Å². The molecule has 2 atom stereocenters. The molecule has 5 nitrogen and oxygen atoms in total. The first-order valence-electron chi connectivity index (χ1n) is 9.72. The molecule has 0 saturated carbocycles. The second kappa shape index (κ2) is 8.27. The Morgan fingerprint density at radius 3 is 2.88 bits per heavy atom. The first kappa shape index (κ1) is 19.0. The van der Waals surface area contributed by atoms with E-state index in [9.17, 15) is 9.18 Å². The summed E-state index contributed by atoms with van der Waals surface area (Å²) in [5.74, 6) is 0.414. The van der Waals surface area contributed by atoms with Crippen LogP contribution in [0.1, 0.15) is 51.9 Å². The Hall–Kier alpha value is -1.79. The summed E-state index contributed by atoms with van der Waals surface area (Å²) in [6.45, 7) is 9.73. The van der Waals surface area contributed by atoms with E-state index in [4.69, 9.17) is 4.98 Å². The molecule has 0 bridgehead atoms. The Kier molecular flexibility index (Phi) is 6.04. The molecule has 1 unspecified atom stereocenters. The molecule has 1 aliphatic rings. The molecule has 6 heteroatoms. The second-order valence-corrected chi connectivity index (χ2v) is 7.17. The van der Waals surface area contributed by atoms with Crippen LogP contribution in [0.25, 0.3) is 10.9 Å². The Morgan fingerprint density at radius 1 is 1.35 bits per heavy atom. The molecule has 2 heterocycles. The average Bonchev–Trinajstić information content (AvgIpc) is 2.85. The summed E-state index contributed by atoms with van der Waals surface area (Å²) in [7, 11) is 0. The zero-order chi connectivity index (χ0) is 18.7. The highest BCUT2D eigenvalue weighted by molar-refractivity contribution is 5.77. The van der Waals surface area contributed by atoms with Gasteiger partial charge in [0.15, 0.2) is 0 Å². The van der Waals surface area contributed by atoms with Gasteiger partial charge in [-0.2, -0.15) is 0 Å². The molecule has 0 amide bonds. The van der Waals surface area contributed by atoms with Gasteiger partial charge in [0.2, 0.25) is 0 Å². The minimum atomic E-state index is -0.399. The lowest BCUT2D eigenvalue weighted by molar-refractivity contribution is 0.184. The van der Waals surface area contributed by atoms with Crippen LogP contribution in [-0.4, -0.2) is 40.1 Å². The van der Waals surface area contributed by atoms with Gasteiger partial charge in [-0.25, -0.2) is 9.37 Å². The van der Waals surface area contributed by atoms with Crippen molar-refractivity contribution in [2.45, 2.75) is 58.7 Å². The number of halogens is 1. The maximum atomic E-state index is 13.6. The van der Waals surface area contributed by atoms with Gasteiger partial charge in [-0.05, 0) is 44.9 Å². The van der Waals surface area contributed by atoms with Crippen molar-refractivity contribution >= 4 is 10.9 Å². The van der Waals surface area contributed by atoms with E-state index in [1.807, 2.05) is 6.92 Å². The van der Waals surface area contributed by atoms with Crippen LogP contribution in [0, 0.1) is 5.82 Å². The van der Waals surface area contributed by atoms with Crippen LogP contribution in [0.4, 0.5) is 4.39 Å². The molecule has 1 N–H and O–H groups in total. The SMILES string of the molecule is CCCC(c1nc2ccc(F)cc2c(=O)n1CC)N1CCN[C@H](C)CC1. The van der Waals surface area contributed by atoms with Crippen molar-refractivity contribution in [1.82, 2.24) is 19.8 Å². The monoisotopic (exact) mass is 360 g/mol. The number of rotatable bonds is 5. The van der Waals surface area contributed by atoms with Crippen LogP contribution in [0.3, 0.4) is 0 Å². The third-order valence-corrected chi connectivity index (χ3v) is 5.30. The van der Waals surface area contributed by atoms with E-state index in [0.717, 1.165) is 44.7 Å². The minimum absolute atomic E-state index is 0.106. The molecule has 1 aromatic heterocycles. The lowest BCUT2D eigenvalue weighted by Gasteiger charge is -2.31. The number of hydrogen-bond donors (Lipinski definition) is 1. The molecule has 0 radical (unpaired) electrons. The maximum absolute atomic E-state index is 13.6. The van der Waals surface area contributed by atoms with Crippen LogP contribution in [0.2, 0.25) is 0 Å². The normalized spacial score (nSPS) is 20.2. The molecule has 3 rings (SSSR count). The van der Waals surface area contributed by atoms with E-state index in [1.165, 1.54) is 12.1 Å². The Balaban J connectivity index is 2.09. The van der Waals surface area contributed by atoms with Crippen molar-refractivity contribution in [3.8, 4) is 0 Å². The van der Waals surface area contributed by atoms with Gasteiger partial charge in [0, 0.05) is 32.2 Å². The molecule has 142 valence electrons. The summed E-state index contributed by atoms with van der Waals surface area (Å²) in [6, 6.07) is 4.90. The molecule has 1 saturated heterocycles. The van der Waals surface area contributed by atoms with E-state index < -0.39 is 5.82 Å². The highest BCUT2D eigenvalue weighted by atomic mass is 19.1. The van der Waals surface area contributed by atoms with Crippen molar-refractivity contribution in [1.29, 1.82) is 0 Å². The predicted octanol–water partition coefficient (Wildman–Crippen LogP) is 3.08. The topological polar surface area (TPSA) is 50.2 Å². The van der Waals surface area contributed by atoms with E-state index >= 15 is 0 Å². The third-order valence-electron chi connectivity index (χ3n) is 5.30. The lowest BCUT2D eigenvalue weighted by atomic mass is 10.1. The molecule has 0 spiro atoms. The molecule has 26 heavy (non-hydrogen) atoms. The van der Waals surface area contributed by atoms with Gasteiger partial charge >= 0.3 is 0 Å². The molecular weight excluding hydrogens is 331 g/mol. The van der Waals surface area contributed by atoms with E-state index in [0.29, 0.717) is 23.5 Å². The highest BCUT2D eigenvalue weighted by Crippen LogP contribution is 2.26. The first-order valence-corrected chi connectivity index (χ1v) is 9.72. The summed E-state index contributed by atoms with van der Waals surface area (Å²) in [5, 5.41) is 3.88. The van der Waals surface area contributed by atoms with Gasteiger partial charge < -0.3 is 5.32 Å². The third kappa shape index (κ3) is 3.81. The summed E-state index contributed by atoms with van der Waals surface area (Å²) in [5.41, 5.74) is 0.438. The highest BCUT2D eigenvalue weighted by Gasteiger charge is 2.26. The van der Waals surface area contributed by atoms with E-state index in [1.54, 1.807) is 10.6 Å². The van der Waals surface area contributed by atoms with E-state index in [2.05, 4.69) is 24.1 Å². The molecule has 1 aromatic carbocycles. The summed E-state index contributed by atoms with van der Waals surface area (Å²) >= 11 is 0. The largest absolute Gasteiger partial charge is 0.313 e. The van der Waals surface area contributed by atoms with Crippen LogP contribution >= 0.6 is 0 Å². The summed E-state index contributed by atoms with van der Waals surface area (Å²) < 4.78 is 15.3. The number of aromatic nitrogens is 2. The standard InChI is InChI=1S/C20H29FN4O/c1-4-6-18(24-11-9-14(3)22-10-12-24)19-23-17-8-7-15(21)13-16(17)20(26)25(19)5-2/h7-8,13-14,18,22H,4-6,9-12H2,1-3H3/t14-,18?/m1/s1. The Labute approximate surface area is 154 Å². The second-order valence-electron chi connectivity index (χ2n) is 7.17. The lowest BCUT2D eigenvalue weighted by Crippen LogP contribution is -2.37. The van der Waals surface area contributed by atoms with Gasteiger partial charge in [0.1, 0.15) is 11.6 Å². The fourth-order valence-electron chi connectivity index (χ4n) is 3.86. The Bertz CT molecular complexity index is 819. The van der Waals surface area contributed by atoms with E-state index in [-0.39, 0.29) is 11.6 Å². The average molecular weight is 360 g/mol. The quantitative estimate of drug-likeness (QED) is 0.890. The van der Waals surface area contributed by atoms with Crippen molar-refractivity contribution < 1.29 is 4.39 Å². The molecule has 0 aliphatic carbocycles. The Morgan fingerprint density at radius 2 is 2.15 bits per heavy atom. The fraction of sp³-hybridized carbons (Fsp3) is 0.600. The van der Waals surface area contributed by atoms with Crippen LogP contribution in [-0.2, 0) is 6.54 Å². The fourth-order valence-corrected chi connectivity index (χ4v) is 3.86. The van der Waals surface area contributed by atoms with Crippen molar-refractivity contribution in [3.63, 3.8) is 0 Å². The zero-order valence-electron chi connectivity index (χ0n) is 16.0. The molecular formula is C20H29FN4O. The van der Waals surface area contributed by atoms with Gasteiger partial charge in [0.25, 0.3) is 5.56 Å². The number of nitrogens with one attached hydrogen (secondary N) is 1. The zero-order valence-corrected chi connectivity index (χ0v) is 16.0. The molecule has 1 fully saturated rings.